The predicted molar refractivity (Wildman–Crippen MR) is 114 cm³/mol. The number of halogens is 1. The first kappa shape index (κ1) is 20.5. The first-order valence-corrected chi connectivity index (χ1v) is 10.0. The van der Waals surface area contributed by atoms with Crippen LogP contribution in [0, 0.1) is 5.82 Å². The van der Waals surface area contributed by atoms with E-state index in [4.69, 9.17) is 0 Å². The Balaban J connectivity index is 1.39. The molecule has 0 aliphatic carbocycles. The van der Waals surface area contributed by atoms with Gasteiger partial charge < -0.3 is 15.1 Å². The van der Waals surface area contributed by atoms with Crippen molar-refractivity contribution in [2.75, 3.05) is 31.5 Å². The van der Waals surface area contributed by atoms with Gasteiger partial charge in [0.1, 0.15) is 11.6 Å². The quantitative estimate of drug-likeness (QED) is 0.688. The monoisotopic (exact) mass is 419 g/mol. The number of hydrogen-bond donors (Lipinski definition) is 1. The second-order valence-electron chi connectivity index (χ2n) is 7.21. The number of anilines is 2. The fourth-order valence-corrected chi connectivity index (χ4v) is 3.48. The molecule has 0 radical (unpaired) electrons. The summed E-state index contributed by atoms with van der Waals surface area (Å²) < 4.78 is 13.5. The van der Waals surface area contributed by atoms with Gasteiger partial charge in [0.05, 0.1) is 12.0 Å². The topological polar surface area (TPSA) is 78.4 Å². The molecular formula is C23H22FN5O2. The Labute approximate surface area is 179 Å². The highest BCUT2D eigenvalue weighted by Crippen LogP contribution is 2.21. The lowest BCUT2D eigenvalue weighted by Crippen LogP contribution is -2.51. The molecule has 0 bridgehead atoms. The summed E-state index contributed by atoms with van der Waals surface area (Å²) >= 11 is 0. The molecule has 4 rings (SSSR count). The van der Waals surface area contributed by atoms with E-state index in [9.17, 15) is 14.0 Å². The lowest BCUT2D eigenvalue weighted by atomic mass is 10.1. The van der Waals surface area contributed by atoms with E-state index in [1.807, 2.05) is 18.2 Å². The Morgan fingerprint density at radius 2 is 1.68 bits per heavy atom. The standard InChI is InChI=1S/C23H22FN5O2/c24-17-5-3-7-19(15-17)27-22-20(8-4-10-26-22)23(31)29-13-11-28(12-14-29)21(30)16-18-6-1-2-9-25-18/h1-10,15H,11-14,16H2,(H,26,27). The third kappa shape index (κ3) is 5.03. The minimum absolute atomic E-state index is 0.000590. The van der Waals surface area contributed by atoms with Crippen LogP contribution in [0.25, 0.3) is 0 Å². The number of nitrogens with one attached hydrogen (secondary N) is 1. The maximum absolute atomic E-state index is 13.5. The van der Waals surface area contributed by atoms with Crippen molar-refractivity contribution in [1.82, 2.24) is 19.8 Å². The molecule has 1 saturated heterocycles. The number of aromatic nitrogens is 2. The van der Waals surface area contributed by atoms with Crippen LogP contribution in [0.5, 0.6) is 0 Å². The van der Waals surface area contributed by atoms with Crippen LogP contribution < -0.4 is 5.32 Å². The van der Waals surface area contributed by atoms with Gasteiger partial charge in [0.15, 0.2) is 0 Å². The normalized spacial score (nSPS) is 13.7. The molecule has 158 valence electrons. The molecule has 0 atom stereocenters. The molecule has 3 aromatic rings. The van der Waals surface area contributed by atoms with Crippen LogP contribution >= 0.6 is 0 Å². The largest absolute Gasteiger partial charge is 0.339 e. The molecule has 2 aromatic heterocycles. The van der Waals surface area contributed by atoms with E-state index in [0.29, 0.717) is 43.2 Å². The summed E-state index contributed by atoms with van der Waals surface area (Å²) in [6.45, 7) is 1.79. The van der Waals surface area contributed by atoms with Gasteiger partial charge in [0, 0.05) is 50.0 Å². The van der Waals surface area contributed by atoms with Crippen molar-refractivity contribution in [2.24, 2.45) is 0 Å². The van der Waals surface area contributed by atoms with Gasteiger partial charge in [-0.15, -0.1) is 0 Å². The zero-order valence-electron chi connectivity index (χ0n) is 16.9. The highest BCUT2D eigenvalue weighted by Gasteiger charge is 2.26. The van der Waals surface area contributed by atoms with Crippen molar-refractivity contribution in [3.05, 3.63) is 84.1 Å². The zero-order valence-corrected chi connectivity index (χ0v) is 16.9. The number of nitrogens with zero attached hydrogens (tertiary/aromatic N) is 4. The maximum atomic E-state index is 13.5. The van der Waals surface area contributed by atoms with Gasteiger partial charge in [-0.2, -0.15) is 0 Å². The van der Waals surface area contributed by atoms with E-state index >= 15 is 0 Å². The maximum Gasteiger partial charge on any atom is 0.257 e. The summed E-state index contributed by atoms with van der Waals surface area (Å²) in [4.78, 5) is 37.6. The second-order valence-corrected chi connectivity index (χ2v) is 7.21. The average Bonchev–Trinajstić information content (AvgIpc) is 2.80. The number of carbonyl (C=O) groups is 2. The van der Waals surface area contributed by atoms with Crippen LogP contribution in [0.15, 0.2) is 67.0 Å². The van der Waals surface area contributed by atoms with Gasteiger partial charge in [-0.3, -0.25) is 14.6 Å². The first-order chi connectivity index (χ1) is 15.1. The Morgan fingerprint density at radius 3 is 2.42 bits per heavy atom. The molecule has 7 nitrogen and oxygen atoms in total. The zero-order chi connectivity index (χ0) is 21.6. The number of piperazine rings is 1. The van der Waals surface area contributed by atoms with Crippen LogP contribution in [-0.4, -0.2) is 57.8 Å². The molecule has 2 amide bonds. The molecule has 1 N–H and O–H groups in total. The van der Waals surface area contributed by atoms with Crippen molar-refractivity contribution in [1.29, 1.82) is 0 Å². The predicted octanol–water partition coefficient (Wildman–Crippen LogP) is 2.89. The summed E-state index contributed by atoms with van der Waals surface area (Å²) in [7, 11) is 0. The fourth-order valence-electron chi connectivity index (χ4n) is 3.48. The van der Waals surface area contributed by atoms with E-state index in [1.54, 1.807) is 46.5 Å². The van der Waals surface area contributed by atoms with E-state index in [0.717, 1.165) is 5.69 Å². The van der Waals surface area contributed by atoms with Gasteiger partial charge in [0.2, 0.25) is 5.91 Å². The molecule has 0 saturated carbocycles. The number of carbonyl (C=O) groups excluding carboxylic acids is 2. The molecule has 31 heavy (non-hydrogen) atoms. The van der Waals surface area contributed by atoms with Crippen molar-refractivity contribution >= 4 is 23.3 Å². The van der Waals surface area contributed by atoms with Crippen LogP contribution in [-0.2, 0) is 11.2 Å². The number of hydrogen-bond acceptors (Lipinski definition) is 5. The minimum atomic E-state index is -0.375. The summed E-state index contributed by atoms with van der Waals surface area (Å²) in [6.07, 6.45) is 3.49. The molecule has 0 spiro atoms. The highest BCUT2D eigenvalue weighted by molar-refractivity contribution is 5.99. The van der Waals surface area contributed by atoms with E-state index < -0.39 is 0 Å². The minimum Gasteiger partial charge on any atom is -0.339 e. The van der Waals surface area contributed by atoms with E-state index in [2.05, 4.69) is 15.3 Å². The molecular weight excluding hydrogens is 397 g/mol. The van der Waals surface area contributed by atoms with Crippen molar-refractivity contribution in [3.8, 4) is 0 Å². The molecule has 0 unspecified atom stereocenters. The highest BCUT2D eigenvalue weighted by atomic mass is 19.1. The number of amides is 2. The number of pyridine rings is 2. The lowest BCUT2D eigenvalue weighted by Gasteiger charge is -2.35. The van der Waals surface area contributed by atoms with E-state index in [1.165, 1.54) is 12.1 Å². The summed E-state index contributed by atoms with van der Waals surface area (Å²) in [5, 5.41) is 3.02. The van der Waals surface area contributed by atoms with Crippen molar-refractivity contribution in [2.45, 2.75) is 6.42 Å². The third-order valence-corrected chi connectivity index (χ3v) is 5.10. The second kappa shape index (κ2) is 9.34. The van der Waals surface area contributed by atoms with Gasteiger partial charge in [-0.05, 0) is 42.5 Å². The third-order valence-electron chi connectivity index (χ3n) is 5.10. The summed E-state index contributed by atoms with van der Waals surface area (Å²) in [5.41, 5.74) is 1.65. The smallest absolute Gasteiger partial charge is 0.257 e. The van der Waals surface area contributed by atoms with Gasteiger partial charge in [-0.25, -0.2) is 9.37 Å². The van der Waals surface area contributed by atoms with Gasteiger partial charge in [-0.1, -0.05) is 12.1 Å². The lowest BCUT2D eigenvalue weighted by molar-refractivity contribution is -0.132. The molecule has 3 heterocycles. The summed E-state index contributed by atoms with van der Waals surface area (Å²) in [5.74, 6) is -0.184. The van der Waals surface area contributed by atoms with Gasteiger partial charge >= 0.3 is 0 Å². The average molecular weight is 419 g/mol. The number of benzene rings is 1. The molecule has 1 aliphatic rings. The van der Waals surface area contributed by atoms with Crippen molar-refractivity contribution < 1.29 is 14.0 Å². The summed E-state index contributed by atoms with van der Waals surface area (Å²) in [6, 6.07) is 14.9. The fraction of sp³-hybridized carbons (Fsp3) is 0.217. The van der Waals surface area contributed by atoms with Crippen LogP contribution in [0.4, 0.5) is 15.9 Å². The Bertz CT molecular complexity index is 1070. The molecule has 1 aliphatic heterocycles. The van der Waals surface area contributed by atoms with Crippen molar-refractivity contribution in [3.63, 3.8) is 0 Å². The molecule has 8 heteroatoms. The van der Waals surface area contributed by atoms with E-state index in [-0.39, 0.29) is 24.1 Å². The number of rotatable bonds is 5. The SMILES string of the molecule is O=C(Cc1ccccn1)N1CCN(C(=O)c2cccnc2Nc2cccc(F)c2)CC1. The Kier molecular flexibility index (Phi) is 6.16. The Morgan fingerprint density at radius 1 is 0.903 bits per heavy atom. The van der Waals surface area contributed by atoms with Gasteiger partial charge in [0.25, 0.3) is 5.91 Å². The van der Waals surface area contributed by atoms with Crippen LogP contribution in [0.1, 0.15) is 16.1 Å². The molecule has 1 fully saturated rings. The van der Waals surface area contributed by atoms with Crippen LogP contribution in [0.2, 0.25) is 0 Å². The first-order valence-electron chi connectivity index (χ1n) is 10.0. The van der Waals surface area contributed by atoms with Crippen LogP contribution in [0.3, 0.4) is 0 Å². The molecule has 1 aromatic carbocycles. The Hall–Kier alpha value is -3.81.